The Bertz CT molecular complexity index is 928. The lowest BCUT2D eigenvalue weighted by molar-refractivity contribution is -0.117. The molecule has 0 aliphatic heterocycles. The molecule has 0 saturated heterocycles. The summed E-state index contributed by atoms with van der Waals surface area (Å²) in [5.41, 5.74) is 1.15. The summed E-state index contributed by atoms with van der Waals surface area (Å²) in [6.07, 6.45) is 1.79. The first-order valence-corrected chi connectivity index (χ1v) is 8.90. The van der Waals surface area contributed by atoms with Crippen LogP contribution in [0, 0.1) is 17.2 Å². The fourth-order valence-electron chi connectivity index (χ4n) is 2.20. The first-order valence-electron chi connectivity index (χ1n) is 7.42. The number of nitrogens with zero attached hydrogens (tertiary/aromatic N) is 1. The number of carbonyl (C=O) groups is 1. The van der Waals surface area contributed by atoms with E-state index in [9.17, 15) is 13.2 Å². The summed E-state index contributed by atoms with van der Waals surface area (Å²) < 4.78 is 27.3. The van der Waals surface area contributed by atoms with Crippen molar-refractivity contribution in [2.45, 2.75) is 17.7 Å². The van der Waals surface area contributed by atoms with Crippen LogP contribution in [0.15, 0.2) is 53.4 Å². The van der Waals surface area contributed by atoms with E-state index in [4.69, 9.17) is 5.26 Å². The molecule has 0 aromatic heterocycles. The highest BCUT2D eigenvalue weighted by atomic mass is 32.2. The lowest BCUT2D eigenvalue weighted by atomic mass is 10.2. The molecule has 1 fully saturated rings. The Morgan fingerprint density at radius 2 is 1.79 bits per heavy atom. The highest BCUT2D eigenvalue weighted by molar-refractivity contribution is 7.92. The SMILES string of the molecule is N#Cc1cccc(S(=O)(=O)Nc2cccc(NC(=O)C3CC3)c2)c1. The third-order valence-corrected chi connectivity index (χ3v) is 4.98. The molecule has 6 nitrogen and oxygen atoms in total. The Hall–Kier alpha value is -2.85. The minimum Gasteiger partial charge on any atom is -0.326 e. The van der Waals surface area contributed by atoms with Gasteiger partial charge < -0.3 is 5.32 Å². The first-order chi connectivity index (χ1) is 11.5. The largest absolute Gasteiger partial charge is 0.326 e. The van der Waals surface area contributed by atoms with Crippen LogP contribution in [0.3, 0.4) is 0 Å². The second-order valence-electron chi connectivity index (χ2n) is 5.59. The Morgan fingerprint density at radius 1 is 1.08 bits per heavy atom. The lowest BCUT2D eigenvalue weighted by Gasteiger charge is -2.10. The van der Waals surface area contributed by atoms with Gasteiger partial charge in [0.1, 0.15) is 0 Å². The number of hydrogen-bond acceptors (Lipinski definition) is 4. The molecule has 122 valence electrons. The molecule has 0 heterocycles. The topological polar surface area (TPSA) is 99.1 Å². The van der Waals surface area contributed by atoms with Gasteiger partial charge in [-0.15, -0.1) is 0 Å². The molecule has 3 rings (SSSR count). The molecular formula is C17H15N3O3S. The van der Waals surface area contributed by atoms with E-state index in [2.05, 4.69) is 10.0 Å². The predicted molar refractivity (Wildman–Crippen MR) is 89.8 cm³/mol. The molecule has 1 aliphatic carbocycles. The van der Waals surface area contributed by atoms with Gasteiger partial charge in [0.2, 0.25) is 5.91 Å². The zero-order chi connectivity index (χ0) is 17.2. The fraction of sp³-hybridized carbons (Fsp3) is 0.176. The van der Waals surface area contributed by atoms with Crippen LogP contribution in [0.25, 0.3) is 0 Å². The van der Waals surface area contributed by atoms with Crippen molar-refractivity contribution in [3.05, 3.63) is 54.1 Å². The van der Waals surface area contributed by atoms with Gasteiger partial charge in [0.15, 0.2) is 0 Å². The second-order valence-corrected chi connectivity index (χ2v) is 7.27. The van der Waals surface area contributed by atoms with Gasteiger partial charge in [-0.1, -0.05) is 12.1 Å². The standard InChI is InChI=1S/C17H15N3O3S/c18-11-12-3-1-6-16(9-12)24(22,23)20-15-5-2-4-14(10-15)19-17(21)13-7-8-13/h1-6,9-10,13,20H,7-8H2,(H,19,21). The molecule has 2 aromatic rings. The van der Waals surface area contributed by atoms with Gasteiger partial charge in [0.25, 0.3) is 10.0 Å². The van der Waals surface area contributed by atoms with Gasteiger partial charge in [-0.3, -0.25) is 9.52 Å². The molecule has 24 heavy (non-hydrogen) atoms. The minimum atomic E-state index is -3.81. The zero-order valence-electron chi connectivity index (χ0n) is 12.7. The Morgan fingerprint density at radius 3 is 2.50 bits per heavy atom. The van der Waals surface area contributed by atoms with Crippen LogP contribution in [0.5, 0.6) is 0 Å². The zero-order valence-corrected chi connectivity index (χ0v) is 13.5. The average molecular weight is 341 g/mol. The van der Waals surface area contributed by atoms with E-state index in [0.717, 1.165) is 12.8 Å². The molecule has 2 N–H and O–H groups in total. The number of carbonyl (C=O) groups excluding carboxylic acids is 1. The van der Waals surface area contributed by atoms with E-state index in [0.29, 0.717) is 11.4 Å². The smallest absolute Gasteiger partial charge is 0.261 e. The first kappa shape index (κ1) is 16.0. The molecule has 0 atom stereocenters. The van der Waals surface area contributed by atoms with Crippen molar-refractivity contribution in [2.24, 2.45) is 5.92 Å². The van der Waals surface area contributed by atoms with Gasteiger partial charge in [-0.05, 0) is 49.2 Å². The molecule has 0 radical (unpaired) electrons. The van der Waals surface area contributed by atoms with E-state index in [-0.39, 0.29) is 22.3 Å². The maximum absolute atomic E-state index is 12.4. The summed E-state index contributed by atoms with van der Waals surface area (Å²) in [7, 11) is -3.81. The number of hydrogen-bond donors (Lipinski definition) is 2. The van der Waals surface area contributed by atoms with Crippen molar-refractivity contribution >= 4 is 27.3 Å². The Labute approximate surface area is 140 Å². The van der Waals surface area contributed by atoms with Gasteiger partial charge in [0, 0.05) is 11.6 Å². The average Bonchev–Trinajstić information content (AvgIpc) is 3.40. The van der Waals surface area contributed by atoms with Crippen LogP contribution in [0.1, 0.15) is 18.4 Å². The third kappa shape index (κ3) is 3.73. The summed E-state index contributed by atoms with van der Waals surface area (Å²) in [6.45, 7) is 0. The molecule has 1 aliphatic rings. The predicted octanol–water partition coefficient (Wildman–Crippen LogP) is 2.71. The van der Waals surface area contributed by atoms with Crippen molar-refractivity contribution in [1.29, 1.82) is 5.26 Å². The van der Waals surface area contributed by atoms with Crippen molar-refractivity contribution in [1.82, 2.24) is 0 Å². The van der Waals surface area contributed by atoms with Crippen LogP contribution in [-0.4, -0.2) is 14.3 Å². The molecule has 2 aromatic carbocycles. The molecule has 0 spiro atoms. The van der Waals surface area contributed by atoms with Crippen LogP contribution in [0.4, 0.5) is 11.4 Å². The summed E-state index contributed by atoms with van der Waals surface area (Å²) in [6, 6.07) is 14.2. The van der Waals surface area contributed by atoms with Gasteiger partial charge >= 0.3 is 0 Å². The van der Waals surface area contributed by atoms with E-state index < -0.39 is 10.0 Å². The van der Waals surface area contributed by atoms with E-state index in [1.807, 2.05) is 6.07 Å². The molecular weight excluding hydrogens is 326 g/mol. The number of amides is 1. The maximum atomic E-state index is 12.4. The summed E-state index contributed by atoms with van der Waals surface area (Å²) >= 11 is 0. The van der Waals surface area contributed by atoms with Crippen LogP contribution >= 0.6 is 0 Å². The van der Waals surface area contributed by atoms with Crippen LogP contribution in [-0.2, 0) is 14.8 Å². The van der Waals surface area contributed by atoms with E-state index in [1.165, 1.54) is 24.3 Å². The molecule has 1 saturated carbocycles. The number of nitriles is 1. The summed E-state index contributed by atoms with van der Waals surface area (Å²) in [5, 5.41) is 11.7. The van der Waals surface area contributed by atoms with Crippen molar-refractivity contribution in [2.75, 3.05) is 10.0 Å². The van der Waals surface area contributed by atoms with Crippen molar-refractivity contribution in [3.8, 4) is 6.07 Å². The van der Waals surface area contributed by atoms with Gasteiger partial charge in [-0.2, -0.15) is 5.26 Å². The highest BCUT2D eigenvalue weighted by Gasteiger charge is 2.29. The normalized spacial score (nSPS) is 13.8. The second kappa shape index (κ2) is 6.34. The van der Waals surface area contributed by atoms with E-state index in [1.54, 1.807) is 24.3 Å². The quantitative estimate of drug-likeness (QED) is 0.873. The Kier molecular flexibility index (Phi) is 4.23. The van der Waals surface area contributed by atoms with Crippen LogP contribution in [0.2, 0.25) is 0 Å². The number of sulfonamides is 1. The Balaban J connectivity index is 1.79. The minimum absolute atomic E-state index is 0.00830. The number of nitrogens with one attached hydrogen (secondary N) is 2. The van der Waals surface area contributed by atoms with Gasteiger partial charge in [-0.25, -0.2) is 8.42 Å². The van der Waals surface area contributed by atoms with E-state index >= 15 is 0 Å². The van der Waals surface area contributed by atoms with Gasteiger partial charge in [0.05, 0.1) is 22.2 Å². The van der Waals surface area contributed by atoms with Crippen molar-refractivity contribution in [3.63, 3.8) is 0 Å². The maximum Gasteiger partial charge on any atom is 0.261 e. The number of rotatable bonds is 5. The van der Waals surface area contributed by atoms with Crippen molar-refractivity contribution < 1.29 is 13.2 Å². The summed E-state index contributed by atoms with van der Waals surface area (Å²) in [5.74, 6) is 0.0239. The number of benzene rings is 2. The molecule has 0 bridgehead atoms. The molecule has 1 amide bonds. The summed E-state index contributed by atoms with van der Waals surface area (Å²) in [4.78, 5) is 11.8. The highest BCUT2D eigenvalue weighted by Crippen LogP contribution is 2.30. The molecule has 7 heteroatoms. The monoisotopic (exact) mass is 341 g/mol. The van der Waals surface area contributed by atoms with Crippen LogP contribution < -0.4 is 10.0 Å². The molecule has 0 unspecified atom stereocenters. The fourth-order valence-corrected chi connectivity index (χ4v) is 3.29. The third-order valence-electron chi connectivity index (χ3n) is 3.60. The number of anilines is 2. The lowest BCUT2D eigenvalue weighted by Crippen LogP contribution is -2.15.